The Kier molecular flexibility index (Phi) is 7.16. The number of anilines is 1. The first-order chi connectivity index (χ1) is 9.81. The van der Waals surface area contributed by atoms with E-state index in [0.717, 1.165) is 31.6 Å². The van der Waals surface area contributed by atoms with Crippen LogP contribution >= 0.6 is 0 Å². The third kappa shape index (κ3) is 6.04. The Morgan fingerprint density at radius 2 is 1.52 bits per heavy atom. The molecule has 0 amide bonds. The van der Waals surface area contributed by atoms with Gasteiger partial charge >= 0.3 is 0 Å². The SMILES string of the molecule is CC(C)CCN(CCC(C)C)c1ccc(F)cc1[C@H](C)O. The summed E-state index contributed by atoms with van der Waals surface area (Å²) in [5, 5.41) is 9.94. The molecule has 0 heterocycles. The van der Waals surface area contributed by atoms with Crippen LogP contribution in [-0.2, 0) is 0 Å². The summed E-state index contributed by atoms with van der Waals surface area (Å²) in [7, 11) is 0. The van der Waals surface area contributed by atoms with Gasteiger partial charge in [-0.25, -0.2) is 4.39 Å². The summed E-state index contributed by atoms with van der Waals surface area (Å²) in [5.41, 5.74) is 1.65. The van der Waals surface area contributed by atoms with Crippen molar-refractivity contribution in [2.75, 3.05) is 18.0 Å². The molecule has 0 unspecified atom stereocenters. The molecule has 0 saturated carbocycles. The van der Waals surface area contributed by atoms with Gasteiger partial charge in [0, 0.05) is 24.3 Å². The highest BCUT2D eigenvalue weighted by Crippen LogP contribution is 2.28. The lowest BCUT2D eigenvalue weighted by Gasteiger charge is -2.29. The molecular formula is C18H30FNO. The van der Waals surface area contributed by atoms with Crippen LogP contribution in [0.2, 0.25) is 0 Å². The standard InChI is InChI=1S/C18H30FNO/c1-13(2)8-10-20(11-9-14(3)4)18-7-6-16(19)12-17(18)15(5)21/h6-7,12-15,21H,8-11H2,1-5H3/t15-/m0/s1. The summed E-state index contributed by atoms with van der Waals surface area (Å²) < 4.78 is 13.5. The quantitative estimate of drug-likeness (QED) is 0.746. The first-order valence-corrected chi connectivity index (χ1v) is 8.03. The fraction of sp³-hybridized carbons (Fsp3) is 0.667. The van der Waals surface area contributed by atoms with Gasteiger partial charge in [0.1, 0.15) is 5.82 Å². The summed E-state index contributed by atoms with van der Waals surface area (Å²) in [5.74, 6) is 0.964. The minimum atomic E-state index is -0.656. The van der Waals surface area contributed by atoms with Crippen LogP contribution in [0.3, 0.4) is 0 Å². The minimum Gasteiger partial charge on any atom is -0.389 e. The number of aliphatic hydroxyl groups is 1. The van der Waals surface area contributed by atoms with Gasteiger partial charge in [0.05, 0.1) is 6.10 Å². The Bertz CT molecular complexity index is 417. The van der Waals surface area contributed by atoms with Crippen LogP contribution in [0.4, 0.5) is 10.1 Å². The lowest BCUT2D eigenvalue weighted by atomic mass is 10.0. The second-order valence-electron chi connectivity index (χ2n) is 6.73. The predicted molar refractivity (Wildman–Crippen MR) is 88.2 cm³/mol. The molecule has 3 heteroatoms. The topological polar surface area (TPSA) is 23.5 Å². The monoisotopic (exact) mass is 295 g/mol. The summed E-state index contributed by atoms with van der Waals surface area (Å²) >= 11 is 0. The van der Waals surface area contributed by atoms with Crippen molar-refractivity contribution in [3.63, 3.8) is 0 Å². The van der Waals surface area contributed by atoms with Crippen molar-refractivity contribution >= 4 is 5.69 Å². The van der Waals surface area contributed by atoms with Crippen molar-refractivity contribution in [3.05, 3.63) is 29.6 Å². The Balaban J connectivity index is 3.00. The fourth-order valence-corrected chi connectivity index (χ4v) is 2.33. The molecule has 1 N–H and O–H groups in total. The molecule has 120 valence electrons. The third-order valence-corrected chi connectivity index (χ3v) is 3.73. The van der Waals surface area contributed by atoms with E-state index >= 15 is 0 Å². The lowest BCUT2D eigenvalue weighted by molar-refractivity contribution is 0.199. The number of aliphatic hydroxyl groups excluding tert-OH is 1. The second kappa shape index (κ2) is 8.38. The van der Waals surface area contributed by atoms with Crippen LogP contribution in [0.1, 0.15) is 59.1 Å². The molecule has 1 atom stereocenters. The van der Waals surface area contributed by atoms with E-state index in [0.29, 0.717) is 17.4 Å². The van der Waals surface area contributed by atoms with E-state index in [-0.39, 0.29) is 5.82 Å². The zero-order chi connectivity index (χ0) is 16.0. The predicted octanol–water partition coefficient (Wildman–Crippen LogP) is 4.78. The summed E-state index contributed by atoms with van der Waals surface area (Å²) in [6, 6.07) is 4.74. The van der Waals surface area contributed by atoms with Gasteiger partial charge in [-0.3, -0.25) is 0 Å². The van der Waals surface area contributed by atoms with Gasteiger partial charge in [0.15, 0.2) is 0 Å². The summed E-state index contributed by atoms with van der Waals surface area (Å²) in [6.45, 7) is 12.4. The molecule has 0 aliphatic heterocycles. The van der Waals surface area contributed by atoms with E-state index in [4.69, 9.17) is 0 Å². The first kappa shape index (κ1) is 18.0. The third-order valence-electron chi connectivity index (χ3n) is 3.73. The van der Waals surface area contributed by atoms with Gasteiger partial charge in [0.2, 0.25) is 0 Å². The van der Waals surface area contributed by atoms with E-state index in [1.165, 1.54) is 12.1 Å². The van der Waals surface area contributed by atoms with Crippen LogP contribution in [0.5, 0.6) is 0 Å². The number of benzene rings is 1. The molecule has 0 spiro atoms. The lowest BCUT2D eigenvalue weighted by Crippen LogP contribution is -2.28. The van der Waals surface area contributed by atoms with Crippen molar-refractivity contribution in [1.82, 2.24) is 0 Å². The van der Waals surface area contributed by atoms with Gasteiger partial charge in [-0.1, -0.05) is 27.7 Å². The van der Waals surface area contributed by atoms with Gasteiger partial charge in [-0.2, -0.15) is 0 Å². The molecule has 0 radical (unpaired) electrons. The summed E-state index contributed by atoms with van der Waals surface area (Å²) in [6.07, 6.45) is 1.53. The van der Waals surface area contributed by atoms with Crippen molar-refractivity contribution in [2.24, 2.45) is 11.8 Å². The Morgan fingerprint density at radius 3 is 1.95 bits per heavy atom. The normalized spacial score (nSPS) is 13.0. The highest BCUT2D eigenvalue weighted by atomic mass is 19.1. The first-order valence-electron chi connectivity index (χ1n) is 8.03. The van der Waals surface area contributed by atoms with Gasteiger partial charge in [-0.05, 0) is 49.8 Å². The zero-order valence-electron chi connectivity index (χ0n) is 14.1. The van der Waals surface area contributed by atoms with E-state index in [1.807, 2.05) is 0 Å². The molecule has 0 aliphatic rings. The van der Waals surface area contributed by atoms with Gasteiger partial charge in [-0.15, -0.1) is 0 Å². The van der Waals surface area contributed by atoms with Crippen molar-refractivity contribution in [3.8, 4) is 0 Å². The highest BCUT2D eigenvalue weighted by molar-refractivity contribution is 5.54. The van der Waals surface area contributed by atoms with E-state index in [2.05, 4.69) is 32.6 Å². The molecule has 2 nitrogen and oxygen atoms in total. The fourth-order valence-electron chi connectivity index (χ4n) is 2.33. The van der Waals surface area contributed by atoms with Gasteiger partial charge in [0.25, 0.3) is 0 Å². The molecule has 1 rings (SSSR count). The maximum absolute atomic E-state index is 13.5. The number of hydrogen-bond acceptors (Lipinski definition) is 2. The average Bonchev–Trinajstić information content (AvgIpc) is 2.38. The average molecular weight is 295 g/mol. The van der Waals surface area contributed by atoms with Crippen molar-refractivity contribution < 1.29 is 9.50 Å². The molecule has 0 fully saturated rings. The maximum atomic E-state index is 13.5. The Labute approximate surface area is 129 Å². The molecule has 21 heavy (non-hydrogen) atoms. The minimum absolute atomic E-state index is 0.290. The molecule has 1 aromatic rings. The highest BCUT2D eigenvalue weighted by Gasteiger charge is 2.16. The second-order valence-corrected chi connectivity index (χ2v) is 6.73. The summed E-state index contributed by atoms with van der Waals surface area (Å²) in [4.78, 5) is 2.29. The largest absolute Gasteiger partial charge is 0.389 e. The zero-order valence-corrected chi connectivity index (χ0v) is 14.1. The molecule has 1 aromatic carbocycles. The van der Waals surface area contributed by atoms with Crippen LogP contribution in [0, 0.1) is 17.7 Å². The molecule has 0 saturated heterocycles. The van der Waals surface area contributed by atoms with Crippen LogP contribution in [0.15, 0.2) is 18.2 Å². The van der Waals surface area contributed by atoms with E-state index in [9.17, 15) is 9.50 Å². The Morgan fingerprint density at radius 1 is 1.00 bits per heavy atom. The Hall–Kier alpha value is -1.09. The number of nitrogens with zero attached hydrogens (tertiary/aromatic N) is 1. The van der Waals surface area contributed by atoms with Crippen LogP contribution in [-0.4, -0.2) is 18.2 Å². The molecular weight excluding hydrogens is 265 g/mol. The van der Waals surface area contributed by atoms with Crippen LogP contribution in [0.25, 0.3) is 0 Å². The number of halogens is 1. The molecule has 0 aromatic heterocycles. The maximum Gasteiger partial charge on any atom is 0.123 e. The van der Waals surface area contributed by atoms with Crippen molar-refractivity contribution in [1.29, 1.82) is 0 Å². The number of hydrogen-bond donors (Lipinski definition) is 1. The van der Waals surface area contributed by atoms with Crippen LogP contribution < -0.4 is 4.90 Å². The molecule has 0 aliphatic carbocycles. The number of rotatable bonds is 8. The van der Waals surface area contributed by atoms with Crippen molar-refractivity contribution in [2.45, 2.75) is 53.6 Å². The van der Waals surface area contributed by atoms with E-state index in [1.54, 1.807) is 13.0 Å². The smallest absolute Gasteiger partial charge is 0.123 e. The molecule has 0 bridgehead atoms. The van der Waals surface area contributed by atoms with E-state index < -0.39 is 6.10 Å². The van der Waals surface area contributed by atoms with Gasteiger partial charge < -0.3 is 10.0 Å².